The van der Waals surface area contributed by atoms with Crippen molar-refractivity contribution in [2.24, 2.45) is 5.73 Å². The van der Waals surface area contributed by atoms with Gasteiger partial charge in [-0.25, -0.2) is 4.98 Å². The van der Waals surface area contributed by atoms with Crippen LogP contribution in [0.15, 0.2) is 16.7 Å². The Bertz CT molecular complexity index is 368. The second-order valence-corrected chi connectivity index (χ2v) is 4.18. The standard InChI is InChI=1S/C10H14BrN3O/c1-3-8(12)10(15)14-9-4-6(2)7(11)5-13-9/h4-5,8H,3,12H2,1-2H3,(H,13,14,15)/t8-/m0/s1. The Balaban J connectivity index is 2.73. The summed E-state index contributed by atoms with van der Waals surface area (Å²) in [6.45, 7) is 3.80. The fraction of sp³-hybridized carbons (Fsp3) is 0.400. The van der Waals surface area contributed by atoms with Crippen molar-refractivity contribution in [1.29, 1.82) is 0 Å². The molecule has 1 aromatic heterocycles. The molecule has 0 aliphatic rings. The number of nitrogens with one attached hydrogen (secondary N) is 1. The molecule has 3 N–H and O–H groups in total. The fourth-order valence-corrected chi connectivity index (χ4v) is 1.23. The van der Waals surface area contributed by atoms with Crippen LogP contribution < -0.4 is 11.1 Å². The summed E-state index contributed by atoms with van der Waals surface area (Å²) < 4.78 is 0.917. The summed E-state index contributed by atoms with van der Waals surface area (Å²) in [6.07, 6.45) is 2.27. The van der Waals surface area contributed by atoms with E-state index in [4.69, 9.17) is 5.73 Å². The number of rotatable bonds is 3. The van der Waals surface area contributed by atoms with E-state index in [0.29, 0.717) is 12.2 Å². The Morgan fingerprint density at radius 3 is 2.93 bits per heavy atom. The molecular weight excluding hydrogens is 258 g/mol. The number of nitrogens with zero attached hydrogens (tertiary/aromatic N) is 1. The lowest BCUT2D eigenvalue weighted by Gasteiger charge is -2.09. The third-order valence-electron chi connectivity index (χ3n) is 2.07. The van der Waals surface area contributed by atoms with Crippen LogP contribution in [0.2, 0.25) is 0 Å². The zero-order chi connectivity index (χ0) is 11.4. The van der Waals surface area contributed by atoms with Crippen molar-refractivity contribution in [2.45, 2.75) is 26.3 Å². The third-order valence-corrected chi connectivity index (χ3v) is 2.90. The van der Waals surface area contributed by atoms with Gasteiger partial charge in [0, 0.05) is 10.7 Å². The Morgan fingerprint density at radius 1 is 1.73 bits per heavy atom. The summed E-state index contributed by atoms with van der Waals surface area (Å²) in [7, 11) is 0. The highest BCUT2D eigenvalue weighted by molar-refractivity contribution is 9.10. The summed E-state index contributed by atoms with van der Waals surface area (Å²) in [6, 6.07) is 1.32. The Hall–Kier alpha value is -0.940. The normalized spacial score (nSPS) is 12.3. The van der Waals surface area contributed by atoms with Crippen LogP contribution in [0, 0.1) is 6.92 Å². The van der Waals surface area contributed by atoms with Gasteiger partial charge < -0.3 is 11.1 Å². The fourth-order valence-electron chi connectivity index (χ4n) is 1.01. The summed E-state index contributed by atoms with van der Waals surface area (Å²) in [5, 5.41) is 2.66. The second kappa shape index (κ2) is 5.23. The van der Waals surface area contributed by atoms with Crippen LogP contribution >= 0.6 is 15.9 Å². The van der Waals surface area contributed by atoms with Crippen molar-refractivity contribution < 1.29 is 4.79 Å². The lowest BCUT2D eigenvalue weighted by Crippen LogP contribution is -2.35. The van der Waals surface area contributed by atoms with E-state index in [0.717, 1.165) is 10.0 Å². The first kappa shape index (κ1) is 12.1. The molecule has 1 aromatic rings. The van der Waals surface area contributed by atoms with E-state index < -0.39 is 6.04 Å². The van der Waals surface area contributed by atoms with Crippen LogP contribution in [0.25, 0.3) is 0 Å². The Labute approximate surface area is 97.4 Å². The van der Waals surface area contributed by atoms with Crippen LogP contribution in [-0.4, -0.2) is 16.9 Å². The molecule has 1 atom stereocenters. The molecule has 0 radical (unpaired) electrons. The van der Waals surface area contributed by atoms with E-state index in [9.17, 15) is 4.79 Å². The maximum absolute atomic E-state index is 11.5. The van der Waals surface area contributed by atoms with Crippen molar-refractivity contribution in [3.05, 3.63) is 22.3 Å². The molecule has 0 saturated carbocycles. The number of nitrogens with two attached hydrogens (primary N) is 1. The van der Waals surface area contributed by atoms with Gasteiger partial charge in [0.25, 0.3) is 0 Å². The van der Waals surface area contributed by atoms with Crippen molar-refractivity contribution >= 4 is 27.7 Å². The van der Waals surface area contributed by atoms with E-state index in [1.807, 2.05) is 13.8 Å². The Kier molecular flexibility index (Phi) is 4.23. The number of pyridine rings is 1. The van der Waals surface area contributed by atoms with Crippen molar-refractivity contribution in [3.8, 4) is 0 Å². The molecule has 0 aromatic carbocycles. The average molecular weight is 272 g/mol. The topological polar surface area (TPSA) is 68.0 Å². The van der Waals surface area contributed by atoms with Gasteiger partial charge in [-0.15, -0.1) is 0 Å². The van der Waals surface area contributed by atoms with Crippen LogP contribution in [-0.2, 0) is 4.79 Å². The van der Waals surface area contributed by atoms with Crippen LogP contribution in [0.1, 0.15) is 18.9 Å². The van der Waals surface area contributed by atoms with E-state index in [-0.39, 0.29) is 5.91 Å². The lowest BCUT2D eigenvalue weighted by atomic mass is 10.2. The SMILES string of the molecule is CC[C@H](N)C(=O)Nc1cc(C)c(Br)cn1. The third kappa shape index (κ3) is 3.28. The number of aryl methyl sites for hydroxylation is 1. The molecule has 0 aliphatic carbocycles. The first-order valence-corrected chi connectivity index (χ1v) is 5.52. The molecule has 1 amide bonds. The monoisotopic (exact) mass is 271 g/mol. The van der Waals surface area contributed by atoms with Gasteiger partial charge in [-0.05, 0) is 40.9 Å². The number of carbonyl (C=O) groups is 1. The summed E-state index contributed by atoms with van der Waals surface area (Å²) >= 11 is 3.34. The molecule has 4 nitrogen and oxygen atoms in total. The minimum Gasteiger partial charge on any atom is -0.320 e. The number of anilines is 1. The zero-order valence-electron chi connectivity index (χ0n) is 8.75. The van der Waals surface area contributed by atoms with Gasteiger partial charge in [-0.2, -0.15) is 0 Å². The van der Waals surface area contributed by atoms with Crippen LogP contribution in [0.4, 0.5) is 5.82 Å². The van der Waals surface area contributed by atoms with E-state index in [1.165, 1.54) is 0 Å². The second-order valence-electron chi connectivity index (χ2n) is 3.32. The quantitative estimate of drug-likeness (QED) is 0.882. The molecule has 0 aliphatic heterocycles. The molecule has 0 saturated heterocycles. The number of aromatic nitrogens is 1. The highest BCUT2D eigenvalue weighted by Crippen LogP contribution is 2.17. The van der Waals surface area contributed by atoms with E-state index >= 15 is 0 Å². The van der Waals surface area contributed by atoms with Crippen LogP contribution in [0.5, 0.6) is 0 Å². The molecule has 0 unspecified atom stereocenters. The van der Waals surface area contributed by atoms with Gasteiger partial charge in [0.15, 0.2) is 0 Å². The molecule has 5 heteroatoms. The van der Waals surface area contributed by atoms with Crippen molar-refractivity contribution in [1.82, 2.24) is 4.98 Å². The van der Waals surface area contributed by atoms with Crippen molar-refractivity contribution in [2.75, 3.05) is 5.32 Å². The van der Waals surface area contributed by atoms with Gasteiger partial charge in [-0.3, -0.25) is 4.79 Å². The highest BCUT2D eigenvalue weighted by Gasteiger charge is 2.11. The summed E-state index contributed by atoms with van der Waals surface area (Å²) in [5.74, 6) is 0.330. The molecule has 1 heterocycles. The molecule has 1 rings (SSSR count). The van der Waals surface area contributed by atoms with Crippen LogP contribution in [0.3, 0.4) is 0 Å². The van der Waals surface area contributed by atoms with Gasteiger partial charge >= 0.3 is 0 Å². The summed E-state index contributed by atoms with van der Waals surface area (Å²) in [5.41, 5.74) is 6.60. The predicted molar refractivity (Wildman–Crippen MR) is 63.6 cm³/mol. The molecular formula is C10H14BrN3O. The minimum absolute atomic E-state index is 0.202. The first-order valence-electron chi connectivity index (χ1n) is 4.73. The molecule has 82 valence electrons. The minimum atomic E-state index is -0.476. The Morgan fingerprint density at radius 2 is 2.40 bits per heavy atom. The van der Waals surface area contributed by atoms with Gasteiger partial charge in [0.1, 0.15) is 5.82 Å². The number of carbonyl (C=O) groups excluding carboxylic acids is 1. The maximum Gasteiger partial charge on any atom is 0.242 e. The maximum atomic E-state index is 11.5. The van der Waals surface area contributed by atoms with Gasteiger partial charge in [-0.1, -0.05) is 6.92 Å². The smallest absolute Gasteiger partial charge is 0.242 e. The van der Waals surface area contributed by atoms with E-state index in [2.05, 4.69) is 26.2 Å². The lowest BCUT2D eigenvalue weighted by molar-refractivity contribution is -0.117. The zero-order valence-corrected chi connectivity index (χ0v) is 10.3. The molecule has 0 bridgehead atoms. The van der Waals surface area contributed by atoms with Gasteiger partial charge in [0.05, 0.1) is 6.04 Å². The highest BCUT2D eigenvalue weighted by atomic mass is 79.9. The molecule has 15 heavy (non-hydrogen) atoms. The average Bonchev–Trinajstić information content (AvgIpc) is 2.22. The number of hydrogen-bond acceptors (Lipinski definition) is 3. The molecule has 0 spiro atoms. The first-order chi connectivity index (χ1) is 7.04. The largest absolute Gasteiger partial charge is 0.320 e. The number of halogens is 1. The molecule has 0 fully saturated rings. The number of amides is 1. The van der Waals surface area contributed by atoms with Gasteiger partial charge in [0.2, 0.25) is 5.91 Å². The van der Waals surface area contributed by atoms with Crippen molar-refractivity contribution in [3.63, 3.8) is 0 Å². The summed E-state index contributed by atoms with van der Waals surface area (Å²) in [4.78, 5) is 15.5. The van der Waals surface area contributed by atoms with E-state index in [1.54, 1.807) is 12.3 Å². The predicted octanol–water partition coefficient (Wildman–Crippen LogP) is 1.83. The number of hydrogen-bond donors (Lipinski definition) is 2.